The van der Waals surface area contributed by atoms with Crippen molar-refractivity contribution in [1.29, 1.82) is 0 Å². The second kappa shape index (κ2) is 7.17. The van der Waals surface area contributed by atoms with Crippen LogP contribution in [0.3, 0.4) is 0 Å². The number of carbonyl (C=O) groups excluding carboxylic acids is 2. The van der Waals surface area contributed by atoms with Gasteiger partial charge in [0.15, 0.2) is 0 Å². The topological polar surface area (TPSA) is 89.4 Å². The number of nitrogens with two attached hydrogens (primary N) is 2. The van der Waals surface area contributed by atoms with Crippen molar-refractivity contribution in [3.05, 3.63) is 22.7 Å². The number of amides is 2. The second-order valence-electron chi connectivity index (χ2n) is 5.05. The van der Waals surface area contributed by atoms with Crippen molar-refractivity contribution in [2.24, 2.45) is 11.7 Å². The fourth-order valence-electron chi connectivity index (χ4n) is 2.32. The molecule has 4 N–H and O–H groups in total. The van der Waals surface area contributed by atoms with E-state index in [1.807, 2.05) is 18.2 Å². The normalized spacial score (nSPS) is 18.5. The first-order valence-electron chi connectivity index (χ1n) is 6.72. The molecular weight excluding hydrogens is 354 g/mol. The first kappa shape index (κ1) is 16.2. The Balaban J connectivity index is 1.90. The van der Waals surface area contributed by atoms with Gasteiger partial charge in [-0.1, -0.05) is 15.9 Å². The van der Waals surface area contributed by atoms with Crippen molar-refractivity contribution < 1.29 is 9.59 Å². The highest BCUT2D eigenvalue weighted by molar-refractivity contribution is 9.10. The van der Waals surface area contributed by atoms with Gasteiger partial charge in [-0.2, -0.15) is 0 Å². The number of rotatable bonds is 4. The van der Waals surface area contributed by atoms with Crippen molar-refractivity contribution in [2.45, 2.75) is 17.7 Å². The average Bonchev–Trinajstić information content (AvgIpc) is 2.46. The van der Waals surface area contributed by atoms with E-state index in [9.17, 15) is 9.59 Å². The molecule has 1 aliphatic rings. The van der Waals surface area contributed by atoms with Gasteiger partial charge in [-0.05, 0) is 31.0 Å². The Morgan fingerprint density at radius 3 is 2.86 bits per heavy atom. The molecule has 0 aliphatic carbocycles. The maximum atomic E-state index is 12.2. The van der Waals surface area contributed by atoms with Gasteiger partial charge in [0.25, 0.3) is 0 Å². The van der Waals surface area contributed by atoms with Crippen molar-refractivity contribution >= 4 is 45.2 Å². The molecule has 114 valence electrons. The molecule has 1 unspecified atom stereocenters. The Morgan fingerprint density at radius 1 is 1.43 bits per heavy atom. The van der Waals surface area contributed by atoms with E-state index >= 15 is 0 Å². The molecule has 0 radical (unpaired) electrons. The first-order chi connectivity index (χ1) is 9.97. The van der Waals surface area contributed by atoms with Gasteiger partial charge in [-0.25, -0.2) is 0 Å². The van der Waals surface area contributed by atoms with E-state index in [0.717, 1.165) is 22.2 Å². The van der Waals surface area contributed by atoms with Crippen LogP contribution < -0.4 is 11.5 Å². The molecule has 2 rings (SSSR count). The van der Waals surface area contributed by atoms with Gasteiger partial charge in [0.05, 0.1) is 11.7 Å². The number of benzene rings is 1. The van der Waals surface area contributed by atoms with Gasteiger partial charge < -0.3 is 16.4 Å². The highest BCUT2D eigenvalue weighted by Crippen LogP contribution is 2.28. The quantitative estimate of drug-likeness (QED) is 0.624. The maximum absolute atomic E-state index is 12.2. The Bertz CT molecular complexity index is 553. The number of nitrogens with zero attached hydrogens (tertiary/aromatic N) is 1. The first-order valence-corrected chi connectivity index (χ1v) is 8.50. The van der Waals surface area contributed by atoms with Crippen LogP contribution in [0.25, 0.3) is 0 Å². The molecule has 7 heteroatoms. The Hall–Kier alpha value is -1.21. The highest BCUT2D eigenvalue weighted by atomic mass is 79.9. The van der Waals surface area contributed by atoms with Crippen LogP contribution in [0.15, 0.2) is 27.6 Å². The molecule has 0 bridgehead atoms. The van der Waals surface area contributed by atoms with Crippen molar-refractivity contribution in [2.75, 3.05) is 24.6 Å². The molecular formula is C14H18BrN3O2S. The molecule has 1 atom stereocenters. The monoisotopic (exact) mass is 371 g/mol. The number of primary amides is 1. The Labute approximate surface area is 136 Å². The summed E-state index contributed by atoms with van der Waals surface area (Å²) < 4.78 is 0.913. The summed E-state index contributed by atoms with van der Waals surface area (Å²) in [6, 6.07) is 5.60. The summed E-state index contributed by atoms with van der Waals surface area (Å²) in [5.74, 6) is -0.201. The zero-order valence-corrected chi connectivity index (χ0v) is 14.0. The molecule has 1 heterocycles. The fraction of sp³-hybridized carbons (Fsp3) is 0.429. The zero-order chi connectivity index (χ0) is 15.4. The fourth-order valence-corrected chi connectivity index (χ4v) is 3.55. The van der Waals surface area contributed by atoms with Crippen LogP contribution in [0, 0.1) is 5.92 Å². The van der Waals surface area contributed by atoms with Crippen molar-refractivity contribution in [3.8, 4) is 0 Å². The predicted molar refractivity (Wildman–Crippen MR) is 87.8 cm³/mol. The van der Waals surface area contributed by atoms with Gasteiger partial charge in [0.1, 0.15) is 0 Å². The number of piperidine rings is 1. The van der Waals surface area contributed by atoms with Crippen molar-refractivity contribution in [3.63, 3.8) is 0 Å². The molecule has 1 fully saturated rings. The highest BCUT2D eigenvalue weighted by Gasteiger charge is 2.26. The summed E-state index contributed by atoms with van der Waals surface area (Å²) in [5.41, 5.74) is 11.9. The van der Waals surface area contributed by atoms with E-state index in [-0.39, 0.29) is 17.7 Å². The van der Waals surface area contributed by atoms with Gasteiger partial charge in [-0.3, -0.25) is 9.59 Å². The minimum atomic E-state index is -0.322. The third-order valence-electron chi connectivity index (χ3n) is 3.50. The van der Waals surface area contributed by atoms with Gasteiger partial charge in [0, 0.05) is 28.1 Å². The van der Waals surface area contributed by atoms with Crippen LogP contribution in [-0.4, -0.2) is 35.6 Å². The number of anilines is 1. The third-order valence-corrected chi connectivity index (χ3v) is 5.07. The van der Waals surface area contributed by atoms with Crippen LogP contribution in [0.2, 0.25) is 0 Å². The molecule has 2 amide bonds. The summed E-state index contributed by atoms with van der Waals surface area (Å²) in [6.07, 6.45) is 1.59. The van der Waals surface area contributed by atoms with E-state index < -0.39 is 0 Å². The van der Waals surface area contributed by atoms with E-state index in [0.29, 0.717) is 24.5 Å². The van der Waals surface area contributed by atoms with Gasteiger partial charge in [-0.15, -0.1) is 11.8 Å². The number of likely N-dealkylation sites (tertiary alicyclic amines) is 1. The minimum absolute atomic E-state index is 0.0215. The summed E-state index contributed by atoms with van der Waals surface area (Å²) >= 11 is 4.76. The van der Waals surface area contributed by atoms with Crippen LogP contribution in [0.1, 0.15) is 12.8 Å². The van der Waals surface area contributed by atoms with E-state index in [1.165, 1.54) is 11.8 Å². The molecule has 0 spiro atoms. The lowest BCUT2D eigenvalue weighted by Gasteiger charge is -2.31. The summed E-state index contributed by atoms with van der Waals surface area (Å²) in [6.45, 7) is 1.13. The predicted octanol–water partition coefficient (Wildman–Crippen LogP) is 1.85. The van der Waals surface area contributed by atoms with E-state index in [2.05, 4.69) is 15.9 Å². The Morgan fingerprint density at radius 2 is 2.19 bits per heavy atom. The number of hydrogen-bond acceptors (Lipinski definition) is 4. The molecule has 1 aliphatic heterocycles. The minimum Gasteiger partial charge on any atom is -0.398 e. The smallest absolute Gasteiger partial charge is 0.232 e. The van der Waals surface area contributed by atoms with E-state index in [1.54, 1.807) is 4.90 Å². The van der Waals surface area contributed by atoms with Gasteiger partial charge >= 0.3 is 0 Å². The summed E-state index contributed by atoms with van der Waals surface area (Å²) in [4.78, 5) is 26.1. The van der Waals surface area contributed by atoms with Gasteiger partial charge in [0.2, 0.25) is 11.8 Å². The third kappa shape index (κ3) is 4.38. The molecule has 0 aromatic heterocycles. The number of carbonyl (C=O) groups is 2. The molecule has 0 saturated carbocycles. The lowest BCUT2D eigenvalue weighted by molar-refractivity contribution is -0.132. The molecule has 21 heavy (non-hydrogen) atoms. The maximum Gasteiger partial charge on any atom is 0.232 e. The standard InChI is InChI=1S/C14H18BrN3O2S/c15-10-3-4-12(11(16)6-10)21-8-13(19)18-5-1-2-9(7-18)14(17)20/h3-4,6,9H,1-2,5,7-8,16H2,(H2,17,20). The SMILES string of the molecule is NC(=O)C1CCCN(C(=O)CSc2ccc(Br)cc2N)C1. The lowest BCUT2D eigenvalue weighted by Crippen LogP contribution is -2.44. The van der Waals surface area contributed by atoms with Crippen LogP contribution in [0.5, 0.6) is 0 Å². The molecule has 5 nitrogen and oxygen atoms in total. The Kier molecular flexibility index (Phi) is 5.52. The lowest BCUT2D eigenvalue weighted by atomic mass is 9.97. The summed E-state index contributed by atoms with van der Waals surface area (Å²) in [5, 5.41) is 0. The number of nitrogen functional groups attached to an aromatic ring is 1. The second-order valence-corrected chi connectivity index (χ2v) is 6.98. The number of hydrogen-bond donors (Lipinski definition) is 2. The largest absolute Gasteiger partial charge is 0.398 e. The summed E-state index contributed by atoms with van der Waals surface area (Å²) in [7, 11) is 0. The number of thioether (sulfide) groups is 1. The molecule has 1 saturated heterocycles. The van der Waals surface area contributed by atoms with Crippen LogP contribution in [0.4, 0.5) is 5.69 Å². The van der Waals surface area contributed by atoms with Crippen molar-refractivity contribution in [1.82, 2.24) is 4.90 Å². The molecule has 1 aromatic carbocycles. The average molecular weight is 372 g/mol. The van der Waals surface area contributed by atoms with E-state index in [4.69, 9.17) is 11.5 Å². The van der Waals surface area contributed by atoms with Crippen LogP contribution in [-0.2, 0) is 9.59 Å². The number of halogens is 1. The molecule has 1 aromatic rings. The van der Waals surface area contributed by atoms with Crippen LogP contribution >= 0.6 is 27.7 Å². The zero-order valence-electron chi connectivity index (χ0n) is 11.5.